The lowest BCUT2D eigenvalue weighted by molar-refractivity contribution is 0.0735. The van der Waals surface area contributed by atoms with E-state index in [1.54, 1.807) is 60.7 Å². The van der Waals surface area contributed by atoms with Gasteiger partial charge < -0.3 is 9.47 Å². The lowest BCUT2D eigenvalue weighted by Crippen LogP contribution is -2.08. The van der Waals surface area contributed by atoms with E-state index in [-0.39, 0.29) is 10.8 Å². The minimum atomic E-state index is -0.528. The van der Waals surface area contributed by atoms with Crippen molar-refractivity contribution >= 4 is 52.1 Å². The molecule has 0 aliphatic carbocycles. The lowest BCUT2D eigenvalue weighted by Gasteiger charge is -2.07. The van der Waals surface area contributed by atoms with E-state index in [4.69, 9.17) is 44.3 Å². The fourth-order valence-electron chi connectivity index (χ4n) is 2.31. The standard InChI is InChI=1S/C21H15Cl3N2O3/c1-2-28-16-7-3-13(4-8-16)21(27)29-20-10-6-15(12-19(20)24)26-25-14-5-9-17(22)18(23)11-14/h3-12H,2H2,1H3. The van der Waals surface area contributed by atoms with Crippen LogP contribution in [0.3, 0.4) is 0 Å². The molecule has 3 aromatic carbocycles. The third-order valence-electron chi connectivity index (χ3n) is 3.70. The molecule has 0 radical (unpaired) electrons. The predicted octanol–water partition coefficient (Wildman–Crippen LogP) is 7.68. The maximum absolute atomic E-state index is 12.3. The number of rotatable bonds is 6. The van der Waals surface area contributed by atoms with Crippen LogP contribution >= 0.6 is 34.8 Å². The zero-order chi connectivity index (χ0) is 20.8. The monoisotopic (exact) mass is 448 g/mol. The molecule has 5 nitrogen and oxygen atoms in total. The highest BCUT2D eigenvalue weighted by Crippen LogP contribution is 2.32. The van der Waals surface area contributed by atoms with Gasteiger partial charge in [0, 0.05) is 0 Å². The number of carbonyl (C=O) groups excluding carboxylic acids is 1. The third kappa shape index (κ3) is 5.70. The summed E-state index contributed by atoms with van der Waals surface area (Å²) in [6, 6.07) is 16.3. The first kappa shape index (κ1) is 21.1. The smallest absolute Gasteiger partial charge is 0.343 e. The predicted molar refractivity (Wildman–Crippen MR) is 115 cm³/mol. The van der Waals surface area contributed by atoms with E-state index in [2.05, 4.69) is 10.2 Å². The number of azo groups is 1. The van der Waals surface area contributed by atoms with E-state index in [0.29, 0.717) is 39.3 Å². The molecule has 148 valence electrons. The normalized spacial score (nSPS) is 10.9. The Kier molecular flexibility index (Phi) is 7.09. The highest BCUT2D eigenvalue weighted by Gasteiger charge is 2.12. The fourth-order valence-corrected chi connectivity index (χ4v) is 2.82. The Bertz CT molecular complexity index is 1050. The Labute approximate surface area is 182 Å². The second kappa shape index (κ2) is 9.74. The van der Waals surface area contributed by atoms with Crippen LogP contribution in [0.1, 0.15) is 17.3 Å². The number of hydrogen-bond acceptors (Lipinski definition) is 5. The second-order valence-electron chi connectivity index (χ2n) is 5.76. The summed E-state index contributed by atoms with van der Waals surface area (Å²) in [6.07, 6.45) is 0. The summed E-state index contributed by atoms with van der Waals surface area (Å²) in [5, 5.41) is 9.24. The van der Waals surface area contributed by atoms with Crippen LogP contribution in [0.15, 0.2) is 70.9 Å². The third-order valence-corrected chi connectivity index (χ3v) is 4.74. The summed E-state index contributed by atoms with van der Waals surface area (Å²) in [5.74, 6) is 0.373. The molecule has 0 amide bonds. The largest absolute Gasteiger partial charge is 0.494 e. The fraction of sp³-hybridized carbons (Fsp3) is 0.0952. The molecule has 0 aromatic heterocycles. The Balaban J connectivity index is 1.69. The molecule has 0 aliphatic rings. The van der Waals surface area contributed by atoms with Crippen LogP contribution in [0, 0.1) is 0 Å². The molecule has 0 saturated carbocycles. The van der Waals surface area contributed by atoms with Crippen molar-refractivity contribution in [1.29, 1.82) is 0 Å². The maximum Gasteiger partial charge on any atom is 0.343 e. The van der Waals surface area contributed by atoms with Gasteiger partial charge in [0.25, 0.3) is 0 Å². The SMILES string of the molecule is CCOc1ccc(C(=O)Oc2ccc(N=Nc3ccc(Cl)c(Cl)c3)cc2Cl)cc1. The van der Waals surface area contributed by atoms with E-state index >= 15 is 0 Å². The topological polar surface area (TPSA) is 60.2 Å². The lowest BCUT2D eigenvalue weighted by atomic mass is 10.2. The van der Waals surface area contributed by atoms with E-state index in [1.165, 1.54) is 0 Å². The molecule has 29 heavy (non-hydrogen) atoms. The quantitative estimate of drug-likeness (QED) is 0.220. The van der Waals surface area contributed by atoms with Crippen molar-refractivity contribution in [2.24, 2.45) is 10.2 Å². The van der Waals surface area contributed by atoms with Gasteiger partial charge in [0.15, 0.2) is 0 Å². The van der Waals surface area contributed by atoms with Gasteiger partial charge in [-0.3, -0.25) is 0 Å². The van der Waals surface area contributed by atoms with Crippen LogP contribution < -0.4 is 9.47 Å². The molecular formula is C21H15Cl3N2O3. The Morgan fingerprint density at radius 2 is 1.45 bits per heavy atom. The summed E-state index contributed by atoms with van der Waals surface area (Å²) in [7, 11) is 0. The highest BCUT2D eigenvalue weighted by atomic mass is 35.5. The number of carbonyl (C=O) groups is 1. The van der Waals surface area contributed by atoms with Crippen molar-refractivity contribution < 1.29 is 14.3 Å². The van der Waals surface area contributed by atoms with Crippen molar-refractivity contribution in [2.45, 2.75) is 6.92 Å². The molecule has 0 atom stereocenters. The second-order valence-corrected chi connectivity index (χ2v) is 6.98. The van der Waals surface area contributed by atoms with Gasteiger partial charge in [-0.25, -0.2) is 4.79 Å². The van der Waals surface area contributed by atoms with Crippen molar-refractivity contribution in [3.63, 3.8) is 0 Å². The highest BCUT2D eigenvalue weighted by molar-refractivity contribution is 6.42. The number of benzene rings is 3. The van der Waals surface area contributed by atoms with Gasteiger partial charge in [-0.2, -0.15) is 10.2 Å². The summed E-state index contributed by atoms with van der Waals surface area (Å²) >= 11 is 18.0. The number of ether oxygens (including phenoxy) is 2. The minimum Gasteiger partial charge on any atom is -0.494 e. The van der Waals surface area contributed by atoms with Crippen molar-refractivity contribution in [3.8, 4) is 11.5 Å². The molecule has 0 spiro atoms. The molecule has 0 fully saturated rings. The van der Waals surface area contributed by atoms with Crippen LogP contribution in [-0.4, -0.2) is 12.6 Å². The molecule has 0 N–H and O–H groups in total. The first-order chi connectivity index (χ1) is 14.0. The van der Waals surface area contributed by atoms with E-state index in [0.717, 1.165) is 0 Å². The van der Waals surface area contributed by atoms with Crippen LogP contribution in [-0.2, 0) is 0 Å². The first-order valence-corrected chi connectivity index (χ1v) is 9.71. The number of hydrogen-bond donors (Lipinski definition) is 0. The van der Waals surface area contributed by atoms with Crippen LogP contribution in [0.5, 0.6) is 11.5 Å². The summed E-state index contributed by atoms with van der Waals surface area (Å²) in [4.78, 5) is 12.3. The number of nitrogens with zero attached hydrogens (tertiary/aromatic N) is 2. The molecule has 8 heteroatoms. The van der Waals surface area contributed by atoms with Gasteiger partial charge >= 0.3 is 5.97 Å². The Morgan fingerprint density at radius 3 is 2.03 bits per heavy atom. The summed E-state index contributed by atoms with van der Waals surface area (Å²) in [5.41, 5.74) is 1.41. The van der Waals surface area contributed by atoms with E-state index in [9.17, 15) is 4.79 Å². The number of halogens is 3. The molecule has 0 aliphatic heterocycles. The molecule has 3 aromatic rings. The van der Waals surface area contributed by atoms with Gasteiger partial charge in [-0.15, -0.1) is 0 Å². The van der Waals surface area contributed by atoms with Crippen molar-refractivity contribution in [2.75, 3.05) is 6.61 Å². The first-order valence-electron chi connectivity index (χ1n) is 8.57. The number of esters is 1. The van der Waals surface area contributed by atoms with Crippen molar-refractivity contribution in [3.05, 3.63) is 81.3 Å². The van der Waals surface area contributed by atoms with E-state index in [1.807, 2.05) is 6.92 Å². The zero-order valence-electron chi connectivity index (χ0n) is 15.2. The van der Waals surface area contributed by atoms with Gasteiger partial charge in [-0.1, -0.05) is 34.8 Å². The maximum atomic E-state index is 12.3. The molecule has 3 rings (SSSR count). The average molecular weight is 450 g/mol. The minimum absolute atomic E-state index is 0.221. The van der Waals surface area contributed by atoms with E-state index < -0.39 is 5.97 Å². The van der Waals surface area contributed by atoms with Gasteiger partial charge in [0.1, 0.15) is 11.5 Å². The Hall–Kier alpha value is -2.60. The zero-order valence-corrected chi connectivity index (χ0v) is 17.5. The summed E-state index contributed by atoms with van der Waals surface area (Å²) < 4.78 is 10.7. The van der Waals surface area contributed by atoms with Gasteiger partial charge in [-0.05, 0) is 67.6 Å². The van der Waals surface area contributed by atoms with Gasteiger partial charge in [0.05, 0.1) is 38.6 Å². The molecule has 0 unspecified atom stereocenters. The van der Waals surface area contributed by atoms with Gasteiger partial charge in [0.2, 0.25) is 0 Å². The molecular weight excluding hydrogens is 435 g/mol. The van der Waals surface area contributed by atoms with Crippen LogP contribution in [0.4, 0.5) is 11.4 Å². The van der Waals surface area contributed by atoms with Crippen molar-refractivity contribution in [1.82, 2.24) is 0 Å². The van der Waals surface area contributed by atoms with Crippen LogP contribution in [0.25, 0.3) is 0 Å². The average Bonchev–Trinajstić information content (AvgIpc) is 2.71. The molecule has 0 bridgehead atoms. The Morgan fingerprint density at radius 1 is 0.828 bits per heavy atom. The molecule has 0 heterocycles. The van der Waals surface area contributed by atoms with Crippen LogP contribution in [0.2, 0.25) is 15.1 Å². The summed E-state index contributed by atoms with van der Waals surface area (Å²) in [6.45, 7) is 2.44. The molecule has 0 saturated heterocycles.